The Kier molecular flexibility index (Phi) is 6.06. The minimum absolute atomic E-state index is 0.292. The molecule has 1 heterocycles. The van der Waals surface area contributed by atoms with Crippen LogP contribution < -0.4 is 20.1 Å². The fraction of sp³-hybridized carbons (Fsp3) is 0.190. The van der Waals surface area contributed by atoms with Crippen molar-refractivity contribution in [2.45, 2.75) is 13.5 Å². The van der Waals surface area contributed by atoms with Gasteiger partial charge in [0.05, 0.1) is 14.2 Å². The predicted octanol–water partition coefficient (Wildman–Crippen LogP) is 3.67. The quantitative estimate of drug-likeness (QED) is 0.653. The number of anilines is 2. The summed E-state index contributed by atoms with van der Waals surface area (Å²) in [7, 11) is 3.23. The number of carbonyl (C=O) groups excluding carboxylic acids is 1. The van der Waals surface area contributed by atoms with Crippen LogP contribution in [-0.4, -0.2) is 30.1 Å². The van der Waals surface area contributed by atoms with Crippen molar-refractivity contribution < 1.29 is 14.3 Å². The lowest BCUT2D eigenvalue weighted by atomic mass is 10.2. The molecular formula is C21H22N4O3. The lowest BCUT2D eigenvalue weighted by Gasteiger charge is -2.10. The van der Waals surface area contributed by atoms with Crippen LogP contribution in [0, 0.1) is 6.92 Å². The molecular weight excluding hydrogens is 356 g/mol. The molecule has 0 fully saturated rings. The molecule has 0 radical (unpaired) electrons. The smallest absolute Gasteiger partial charge is 0.274 e. The molecule has 3 aromatic rings. The van der Waals surface area contributed by atoms with Crippen molar-refractivity contribution in [3.63, 3.8) is 0 Å². The molecule has 0 aliphatic carbocycles. The minimum Gasteiger partial charge on any atom is -0.497 e. The summed E-state index contributed by atoms with van der Waals surface area (Å²) in [6, 6.07) is 16.4. The van der Waals surface area contributed by atoms with Gasteiger partial charge in [-0.3, -0.25) is 4.79 Å². The van der Waals surface area contributed by atoms with Crippen LogP contribution in [0.25, 0.3) is 0 Å². The Morgan fingerprint density at radius 3 is 2.14 bits per heavy atom. The number of aromatic nitrogens is 2. The molecule has 7 heteroatoms. The van der Waals surface area contributed by atoms with E-state index in [2.05, 4.69) is 20.6 Å². The van der Waals surface area contributed by atoms with Crippen LogP contribution in [0.5, 0.6) is 11.5 Å². The SMILES string of the molecule is COc1ccc(CNc2nc(C)cc(C(=O)Nc3ccc(OC)cc3)n2)cc1. The minimum atomic E-state index is -0.303. The number of hydrogen-bond acceptors (Lipinski definition) is 6. The summed E-state index contributed by atoms with van der Waals surface area (Å²) >= 11 is 0. The number of hydrogen-bond donors (Lipinski definition) is 2. The van der Waals surface area contributed by atoms with Gasteiger partial charge >= 0.3 is 0 Å². The fourth-order valence-corrected chi connectivity index (χ4v) is 2.56. The highest BCUT2D eigenvalue weighted by atomic mass is 16.5. The van der Waals surface area contributed by atoms with E-state index in [-0.39, 0.29) is 5.91 Å². The Bertz CT molecular complexity index is 941. The molecule has 0 aliphatic rings. The van der Waals surface area contributed by atoms with E-state index in [9.17, 15) is 4.79 Å². The maximum absolute atomic E-state index is 12.5. The lowest BCUT2D eigenvalue weighted by molar-refractivity contribution is 0.102. The normalized spacial score (nSPS) is 10.2. The van der Waals surface area contributed by atoms with Gasteiger partial charge in [-0.1, -0.05) is 12.1 Å². The summed E-state index contributed by atoms with van der Waals surface area (Å²) in [4.78, 5) is 21.2. The number of amides is 1. The zero-order valence-electron chi connectivity index (χ0n) is 16.0. The molecule has 1 amide bonds. The van der Waals surface area contributed by atoms with E-state index in [1.165, 1.54) is 0 Å². The molecule has 2 aromatic carbocycles. The molecule has 0 saturated heterocycles. The van der Waals surface area contributed by atoms with Crippen molar-refractivity contribution in [1.29, 1.82) is 0 Å². The molecule has 0 bridgehead atoms. The van der Waals surface area contributed by atoms with Crippen LogP contribution in [0.15, 0.2) is 54.6 Å². The Hall–Kier alpha value is -3.61. The Morgan fingerprint density at radius 2 is 1.54 bits per heavy atom. The average Bonchev–Trinajstić information content (AvgIpc) is 2.72. The predicted molar refractivity (Wildman–Crippen MR) is 108 cm³/mol. The summed E-state index contributed by atoms with van der Waals surface area (Å²) in [6.45, 7) is 2.36. The van der Waals surface area contributed by atoms with Crippen LogP contribution in [0.3, 0.4) is 0 Å². The number of ether oxygens (including phenoxy) is 2. The van der Waals surface area contributed by atoms with Gasteiger partial charge < -0.3 is 20.1 Å². The van der Waals surface area contributed by atoms with Crippen LogP contribution >= 0.6 is 0 Å². The Labute approximate surface area is 163 Å². The van der Waals surface area contributed by atoms with Crippen LogP contribution in [0.4, 0.5) is 11.6 Å². The first-order chi connectivity index (χ1) is 13.6. The van der Waals surface area contributed by atoms with E-state index < -0.39 is 0 Å². The number of aryl methyl sites for hydroxylation is 1. The lowest BCUT2D eigenvalue weighted by Crippen LogP contribution is -2.16. The van der Waals surface area contributed by atoms with Gasteiger partial charge in [0.15, 0.2) is 0 Å². The van der Waals surface area contributed by atoms with Gasteiger partial charge in [0.2, 0.25) is 5.95 Å². The maximum atomic E-state index is 12.5. The second kappa shape index (κ2) is 8.85. The van der Waals surface area contributed by atoms with Crippen molar-refractivity contribution in [1.82, 2.24) is 9.97 Å². The van der Waals surface area contributed by atoms with E-state index in [4.69, 9.17) is 9.47 Å². The van der Waals surface area contributed by atoms with Crippen molar-refractivity contribution in [3.8, 4) is 11.5 Å². The summed E-state index contributed by atoms with van der Waals surface area (Å²) in [5, 5.41) is 5.98. The van der Waals surface area contributed by atoms with E-state index in [1.54, 1.807) is 44.6 Å². The van der Waals surface area contributed by atoms with Crippen LogP contribution in [0.1, 0.15) is 21.7 Å². The summed E-state index contributed by atoms with van der Waals surface area (Å²) in [6.07, 6.45) is 0. The molecule has 144 valence electrons. The second-order valence-corrected chi connectivity index (χ2v) is 6.10. The van der Waals surface area contributed by atoms with Crippen LogP contribution in [-0.2, 0) is 6.54 Å². The van der Waals surface area contributed by atoms with Gasteiger partial charge in [0.25, 0.3) is 5.91 Å². The first-order valence-corrected chi connectivity index (χ1v) is 8.75. The number of nitrogens with one attached hydrogen (secondary N) is 2. The zero-order valence-corrected chi connectivity index (χ0v) is 16.0. The molecule has 7 nitrogen and oxygen atoms in total. The summed E-state index contributed by atoms with van der Waals surface area (Å²) in [5.74, 6) is 1.62. The van der Waals surface area contributed by atoms with Crippen molar-refractivity contribution in [2.24, 2.45) is 0 Å². The molecule has 0 atom stereocenters. The molecule has 0 saturated carbocycles. The van der Waals surface area contributed by atoms with E-state index in [0.29, 0.717) is 29.6 Å². The standard InChI is InChI=1S/C21H22N4O3/c1-14-12-19(20(26)24-16-6-10-18(28-3)11-7-16)25-21(23-14)22-13-15-4-8-17(27-2)9-5-15/h4-12H,13H2,1-3H3,(H,24,26)(H,22,23,25). The van der Waals surface area contributed by atoms with E-state index >= 15 is 0 Å². The number of benzene rings is 2. The van der Waals surface area contributed by atoms with Gasteiger partial charge in [-0.2, -0.15) is 0 Å². The zero-order chi connectivity index (χ0) is 19.9. The Morgan fingerprint density at radius 1 is 0.929 bits per heavy atom. The maximum Gasteiger partial charge on any atom is 0.274 e. The Balaban J connectivity index is 1.68. The molecule has 1 aromatic heterocycles. The number of rotatable bonds is 7. The average molecular weight is 378 g/mol. The summed E-state index contributed by atoms with van der Waals surface area (Å²) in [5.41, 5.74) is 2.71. The molecule has 3 rings (SSSR count). The van der Waals surface area contributed by atoms with Crippen LogP contribution in [0.2, 0.25) is 0 Å². The number of carbonyl (C=O) groups is 1. The third-order valence-electron chi connectivity index (χ3n) is 4.04. The molecule has 0 spiro atoms. The van der Waals surface area contributed by atoms with E-state index in [1.807, 2.05) is 31.2 Å². The number of methoxy groups -OCH3 is 2. The monoisotopic (exact) mass is 378 g/mol. The highest BCUT2D eigenvalue weighted by molar-refractivity contribution is 6.03. The van der Waals surface area contributed by atoms with Gasteiger partial charge in [-0.25, -0.2) is 9.97 Å². The molecule has 0 aliphatic heterocycles. The molecule has 2 N–H and O–H groups in total. The summed E-state index contributed by atoms with van der Waals surface area (Å²) < 4.78 is 10.3. The third-order valence-corrected chi connectivity index (χ3v) is 4.04. The van der Waals surface area contributed by atoms with Gasteiger partial charge in [0.1, 0.15) is 17.2 Å². The van der Waals surface area contributed by atoms with Gasteiger partial charge in [0, 0.05) is 17.9 Å². The highest BCUT2D eigenvalue weighted by Crippen LogP contribution is 2.16. The van der Waals surface area contributed by atoms with Crippen molar-refractivity contribution >= 4 is 17.5 Å². The number of nitrogens with zero attached hydrogens (tertiary/aromatic N) is 2. The first kappa shape index (κ1) is 19.2. The van der Waals surface area contributed by atoms with Gasteiger partial charge in [-0.05, 0) is 55.0 Å². The second-order valence-electron chi connectivity index (χ2n) is 6.10. The fourth-order valence-electron chi connectivity index (χ4n) is 2.56. The van der Waals surface area contributed by atoms with Crippen molar-refractivity contribution in [2.75, 3.05) is 24.9 Å². The third kappa shape index (κ3) is 4.97. The molecule has 28 heavy (non-hydrogen) atoms. The van der Waals surface area contributed by atoms with E-state index in [0.717, 1.165) is 17.1 Å². The van der Waals surface area contributed by atoms with Gasteiger partial charge in [-0.15, -0.1) is 0 Å². The highest BCUT2D eigenvalue weighted by Gasteiger charge is 2.11. The molecule has 0 unspecified atom stereocenters. The largest absolute Gasteiger partial charge is 0.497 e. The topological polar surface area (TPSA) is 85.4 Å². The van der Waals surface area contributed by atoms with Crippen molar-refractivity contribution in [3.05, 3.63) is 71.5 Å². The first-order valence-electron chi connectivity index (χ1n) is 8.75.